The van der Waals surface area contributed by atoms with Gasteiger partial charge in [-0.2, -0.15) is 0 Å². The molecule has 36 heavy (non-hydrogen) atoms. The van der Waals surface area contributed by atoms with Gasteiger partial charge in [-0.25, -0.2) is 17.2 Å². The van der Waals surface area contributed by atoms with Crippen molar-refractivity contribution in [1.82, 2.24) is 10.2 Å². The Morgan fingerprint density at radius 3 is 2.00 bits per heavy atom. The van der Waals surface area contributed by atoms with Gasteiger partial charge >= 0.3 is 0 Å². The Bertz CT molecular complexity index is 1290. The molecule has 3 aromatic rings. The summed E-state index contributed by atoms with van der Waals surface area (Å²) in [5, 5.41) is 2.66. The van der Waals surface area contributed by atoms with Crippen LogP contribution in [0.4, 0.5) is 14.5 Å². The van der Waals surface area contributed by atoms with Crippen LogP contribution in [0.1, 0.15) is 19.4 Å². The molecule has 0 aromatic heterocycles. The summed E-state index contributed by atoms with van der Waals surface area (Å²) in [6.07, 6.45) is 0. The first-order valence-electron chi connectivity index (χ1n) is 11.3. The van der Waals surface area contributed by atoms with Crippen LogP contribution in [0.25, 0.3) is 0 Å². The van der Waals surface area contributed by atoms with Crippen molar-refractivity contribution in [3.05, 3.63) is 96.1 Å². The minimum absolute atomic E-state index is 0.0450. The number of hydrogen-bond acceptors (Lipinski definition) is 4. The van der Waals surface area contributed by atoms with Gasteiger partial charge in [0.15, 0.2) is 0 Å². The molecule has 190 valence electrons. The quantitative estimate of drug-likeness (QED) is 0.446. The van der Waals surface area contributed by atoms with Crippen LogP contribution in [-0.4, -0.2) is 44.3 Å². The van der Waals surface area contributed by atoms with Crippen molar-refractivity contribution >= 4 is 27.5 Å². The van der Waals surface area contributed by atoms with Gasteiger partial charge in [-0.05, 0) is 67.9 Å². The van der Waals surface area contributed by atoms with E-state index in [1.807, 2.05) is 0 Å². The van der Waals surface area contributed by atoms with Crippen molar-refractivity contribution in [2.75, 3.05) is 17.4 Å². The van der Waals surface area contributed by atoms with E-state index in [0.717, 1.165) is 28.6 Å². The molecule has 1 N–H and O–H groups in total. The molecule has 0 aliphatic heterocycles. The molecule has 2 amide bonds. The molecule has 0 unspecified atom stereocenters. The molecule has 0 spiro atoms. The zero-order valence-corrected chi connectivity index (χ0v) is 20.7. The number of likely N-dealkylation sites (N-methyl/N-ethyl adjacent to an activating group) is 1. The van der Waals surface area contributed by atoms with Crippen molar-refractivity contribution in [2.45, 2.75) is 31.3 Å². The molecule has 0 radical (unpaired) electrons. The summed E-state index contributed by atoms with van der Waals surface area (Å²) in [7, 11) is -4.27. The third-order valence-electron chi connectivity index (χ3n) is 5.51. The summed E-state index contributed by atoms with van der Waals surface area (Å²) < 4.78 is 54.8. The third-order valence-corrected chi connectivity index (χ3v) is 7.30. The zero-order valence-electron chi connectivity index (χ0n) is 19.9. The second-order valence-electron chi connectivity index (χ2n) is 8.02. The van der Waals surface area contributed by atoms with E-state index in [4.69, 9.17) is 0 Å². The Morgan fingerprint density at radius 1 is 0.889 bits per heavy atom. The Balaban J connectivity index is 1.99. The van der Waals surface area contributed by atoms with Gasteiger partial charge in [0.1, 0.15) is 24.2 Å². The molecular weight excluding hydrogens is 488 g/mol. The highest BCUT2D eigenvalue weighted by atomic mass is 32.2. The van der Waals surface area contributed by atoms with Crippen LogP contribution >= 0.6 is 0 Å². The monoisotopic (exact) mass is 515 g/mol. The van der Waals surface area contributed by atoms with E-state index in [2.05, 4.69) is 5.32 Å². The summed E-state index contributed by atoms with van der Waals surface area (Å²) in [6.45, 7) is 2.96. The van der Waals surface area contributed by atoms with Crippen molar-refractivity contribution in [3.63, 3.8) is 0 Å². The SMILES string of the molecule is CCNC(=O)[C@@H](C)N(Cc1ccc(F)cc1)C(=O)CN(c1ccccc1)S(=O)(=O)c1ccc(F)cc1. The Labute approximate surface area is 209 Å². The van der Waals surface area contributed by atoms with Crippen molar-refractivity contribution in [3.8, 4) is 0 Å². The van der Waals surface area contributed by atoms with Crippen LogP contribution in [-0.2, 0) is 26.2 Å². The van der Waals surface area contributed by atoms with E-state index in [9.17, 15) is 26.8 Å². The summed E-state index contributed by atoms with van der Waals surface area (Å²) in [4.78, 5) is 27.2. The van der Waals surface area contributed by atoms with Crippen LogP contribution in [0.3, 0.4) is 0 Å². The number of sulfonamides is 1. The molecule has 1 atom stereocenters. The van der Waals surface area contributed by atoms with Crippen molar-refractivity contribution in [2.24, 2.45) is 0 Å². The second kappa shape index (κ2) is 11.8. The number of nitrogens with one attached hydrogen (secondary N) is 1. The van der Waals surface area contributed by atoms with Gasteiger partial charge in [-0.15, -0.1) is 0 Å². The Morgan fingerprint density at radius 2 is 1.44 bits per heavy atom. The molecule has 0 saturated carbocycles. The van der Waals surface area contributed by atoms with Gasteiger partial charge in [0.25, 0.3) is 10.0 Å². The molecule has 10 heteroatoms. The third kappa shape index (κ3) is 6.45. The van der Waals surface area contributed by atoms with Gasteiger partial charge in [-0.3, -0.25) is 13.9 Å². The van der Waals surface area contributed by atoms with Crippen LogP contribution in [0.5, 0.6) is 0 Å². The van der Waals surface area contributed by atoms with Crippen molar-refractivity contribution < 1.29 is 26.8 Å². The molecule has 7 nitrogen and oxygen atoms in total. The highest BCUT2D eigenvalue weighted by Crippen LogP contribution is 2.24. The lowest BCUT2D eigenvalue weighted by molar-refractivity contribution is -0.139. The Kier molecular flexibility index (Phi) is 8.76. The number of hydrogen-bond donors (Lipinski definition) is 1. The number of carbonyl (C=O) groups excluding carboxylic acids is 2. The molecular formula is C26H27F2N3O4S. The number of anilines is 1. The maximum atomic E-state index is 13.6. The van der Waals surface area contributed by atoms with Gasteiger partial charge in [0, 0.05) is 13.1 Å². The normalized spacial score (nSPS) is 12.0. The topological polar surface area (TPSA) is 86.8 Å². The summed E-state index contributed by atoms with van der Waals surface area (Å²) in [5.41, 5.74) is 0.788. The van der Waals surface area contributed by atoms with Gasteiger partial charge < -0.3 is 10.2 Å². The minimum atomic E-state index is -4.27. The number of amides is 2. The fourth-order valence-corrected chi connectivity index (χ4v) is 4.96. The molecule has 0 aliphatic rings. The summed E-state index contributed by atoms with van der Waals surface area (Å²) >= 11 is 0. The zero-order chi connectivity index (χ0) is 26.3. The van der Waals surface area contributed by atoms with Crippen LogP contribution < -0.4 is 9.62 Å². The van der Waals surface area contributed by atoms with Crippen LogP contribution in [0, 0.1) is 11.6 Å². The molecule has 3 rings (SSSR count). The second-order valence-corrected chi connectivity index (χ2v) is 9.88. The lowest BCUT2D eigenvalue weighted by Gasteiger charge is -2.32. The smallest absolute Gasteiger partial charge is 0.264 e. The number of halogens is 2. The highest BCUT2D eigenvalue weighted by molar-refractivity contribution is 7.92. The molecule has 0 heterocycles. The summed E-state index contributed by atoms with van der Waals surface area (Å²) in [6, 6.07) is 16.8. The maximum absolute atomic E-state index is 13.6. The minimum Gasteiger partial charge on any atom is -0.355 e. The van der Waals surface area contributed by atoms with Crippen LogP contribution in [0.15, 0.2) is 83.8 Å². The molecule has 0 saturated heterocycles. The first kappa shape index (κ1) is 26.8. The predicted molar refractivity (Wildman–Crippen MR) is 132 cm³/mol. The number of nitrogens with zero attached hydrogens (tertiary/aromatic N) is 2. The number of para-hydroxylation sites is 1. The van der Waals surface area contributed by atoms with Gasteiger partial charge in [-0.1, -0.05) is 30.3 Å². The first-order chi connectivity index (χ1) is 17.1. The lowest BCUT2D eigenvalue weighted by Crippen LogP contribution is -2.51. The fraction of sp³-hybridized carbons (Fsp3) is 0.231. The fourth-order valence-electron chi connectivity index (χ4n) is 3.55. The number of carbonyl (C=O) groups is 2. The average Bonchev–Trinajstić information content (AvgIpc) is 2.87. The Hall–Kier alpha value is -3.79. The molecule has 0 bridgehead atoms. The van der Waals surface area contributed by atoms with Crippen molar-refractivity contribution in [1.29, 1.82) is 0 Å². The standard InChI is InChI=1S/C26H27F2N3O4S/c1-3-29-26(33)19(2)30(17-20-9-11-21(27)12-10-20)25(32)18-31(23-7-5-4-6-8-23)36(34,35)24-15-13-22(28)14-16-24/h4-16,19H,3,17-18H2,1-2H3,(H,29,33)/t19-/m1/s1. The summed E-state index contributed by atoms with van der Waals surface area (Å²) in [5.74, 6) is -2.11. The first-order valence-corrected chi connectivity index (χ1v) is 12.7. The largest absolute Gasteiger partial charge is 0.355 e. The van der Waals surface area contributed by atoms with E-state index < -0.39 is 46.1 Å². The number of rotatable bonds is 10. The van der Waals surface area contributed by atoms with Gasteiger partial charge in [0.2, 0.25) is 11.8 Å². The molecule has 0 aliphatic carbocycles. The molecule has 0 fully saturated rings. The van der Waals surface area contributed by atoms with E-state index in [-0.39, 0.29) is 17.1 Å². The van der Waals surface area contributed by atoms with E-state index in [1.165, 1.54) is 48.2 Å². The van der Waals surface area contributed by atoms with E-state index >= 15 is 0 Å². The number of benzene rings is 3. The molecule has 3 aromatic carbocycles. The van der Waals surface area contributed by atoms with E-state index in [1.54, 1.807) is 25.1 Å². The van der Waals surface area contributed by atoms with Crippen LogP contribution in [0.2, 0.25) is 0 Å². The van der Waals surface area contributed by atoms with Gasteiger partial charge in [0.05, 0.1) is 10.6 Å². The lowest BCUT2D eigenvalue weighted by atomic mass is 10.1. The maximum Gasteiger partial charge on any atom is 0.264 e. The predicted octanol–water partition coefficient (Wildman–Crippen LogP) is 3.71. The average molecular weight is 516 g/mol. The highest BCUT2D eigenvalue weighted by Gasteiger charge is 2.32. The van der Waals surface area contributed by atoms with E-state index in [0.29, 0.717) is 12.1 Å².